The zero-order valence-electron chi connectivity index (χ0n) is 13.4. The van der Waals surface area contributed by atoms with E-state index >= 15 is 0 Å². The molecule has 0 saturated carbocycles. The van der Waals surface area contributed by atoms with Gasteiger partial charge in [-0.2, -0.15) is 0 Å². The molecule has 1 amide bonds. The Bertz CT molecular complexity index is 929. The van der Waals surface area contributed by atoms with E-state index in [1.54, 1.807) is 43.3 Å². The van der Waals surface area contributed by atoms with Gasteiger partial charge in [0.2, 0.25) is 5.91 Å². The number of anilines is 1. The van der Waals surface area contributed by atoms with E-state index in [0.29, 0.717) is 37.8 Å². The molecule has 1 atom stereocenters. The molecule has 25 heavy (non-hydrogen) atoms. The van der Waals surface area contributed by atoms with Crippen LogP contribution in [0.1, 0.15) is 6.92 Å². The van der Waals surface area contributed by atoms with E-state index in [1.165, 1.54) is 18.9 Å². The van der Waals surface area contributed by atoms with Crippen molar-refractivity contribution in [1.29, 1.82) is 0 Å². The van der Waals surface area contributed by atoms with Gasteiger partial charge in [-0.25, -0.2) is 4.98 Å². The van der Waals surface area contributed by atoms with Crippen molar-refractivity contribution in [3.05, 3.63) is 46.4 Å². The second kappa shape index (κ2) is 7.56. The van der Waals surface area contributed by atoms with Gasteiger partial charge in [0, 0.05) is 16.8 Å². The number of thioether (sulfide) groups is 1. The maximum atomic E-state index is 12.4. The maximum Gasteiger partial charge on any atom is 0.257 e. The number of hydrogen-bond acceptors (Lipinski definition) is 5. The molecule has 130 valence electrons. The second-order valence-electron chi connectivity index (χ2n) is 5.19. The largest absolute Gasteiger partial charge is 0.495 e. The van der Waals surface area contributed by atoms with Gasteiger partial charge in [0.05, 0.1) is 17.4 Å². The Morgan fingerprint density at radius 2 is 2.08 bits per heavy atom. The zero-order valence-corrected chi connectivity index (χ0v) is 15.7. The zero-order chi connectivity index (χ0) is 18.0. The molecule has 0 unspecified atom stereocenters. The predicted molar refractivity (Wildman–Crippen MR) is 101 cm³/mol. The molecule has 8 heteroatoms. The highest BCUT2D eigenvalue weighted by atomic mass is 35.5. The number of rotatable bonds is 5. The Labute approximate surface area is 158 Å². The van der Waals surface area contributed by atoms with Gasteiger partial charge in [0.15, 0.2) is 5.58 Å². The molecule has 0 aliphatic carbocycles. The third-order valence-corrected chi connectivity index (χ3v) is 4.87. The fourth-order valence-electron chi connectivity index (χ4n) is 2.12. The summed E-state index contributed by atoms with van der Waals surface area (Å²) in [5.74, 6) is 0.360. The van der Waals surface area contributed by atoms with Gasteiger partial charge in [-0.1, -0.05) is 35.0 Å². The molecule has 1 aromatic heterocycles. The van der Waals surface area contributed by atoms with Crippen molar-refractivity contribution >= 4 is 57.7 Å². The van der Waals surface area contributed by atoms with Crippen LogP contribution in [-0.4, -0.2) is 23.3 Å². The maximum absolute atomic E-state index is 12.4. The summed E-state index contributed by atoms with van der Waals surface area (Å²) in [5, 5.41) is 3.80. The molecule has 0 aliphatic heterocycles. The quantitative estimate of drug-likeness (QED) is 0.595. The number of ether oxygens (including phenoxy) is 1. The highest BCUT2D eigenvalue weighted by Gasteiger charge is 2.18. The van der Waals surface area contributed by atoms with E-state index < -0.39 is 5.25 Å². The van der Waals surface area contributed by atoms with Crippen molar-refractivity contribution in [2.45, 2.75) is 17.4 Å². The lowest BCUT2D eigenvalue weighted by Gasteiger charge is -2.11. The van der Waals surface area contributed by atoms with Crippen molar-refractivity contribution in [3.8, 4) is 5.75 Å². The van der Waals surface area contributed by atoms with Crippen LogP contribution in [0.15, 0.2) is 46.0 Å². The van der Waals surface area contributed by atoms with Crippen LogP contribution in [0.5, 0.6) is 5.75 Å². The topological polar surface area (TPSA) is 64.4 Å². The van der Waals surface area contributed by atoms with E-state index in [9.17, 15) is 4.79 Å². The van der Waals surface area contributed by atoms with Crippen molar-refractivity contribution in [2.75, 3.05) is 12.4 Å². The Kier molecular flexibility index (Phi) is 5.42. The van der Waals surface area contributed by atoms with Crippen molar-refractivity contribution in [3.63, 3.8) is 0 Å². The van der Waals surface area contributed by atoms with Gasteiger partial charge in [0.1, 0.15) is 11.3 Å². The first kappa shape index (κ1) is 17.9. The normalized spacial score (nSPS) is 12.2. The minimum Gasteiger partial charge on any atom is -0.495 e. The van der Waals surface area contributed by atoms with E-state index in [0.717, 1.165) is 0 Å². The number of oxazole rings is 1. The van der Waals surface area contributed by atoms with Crippen molar-refractivity contribution < 1.29 is 13.9 Å². The number of amides is 1. The molecular formula is C17H14Cl2N2O3S. The molecule has 2 aromatic carbocycles. The van der Waals surface area contributed by atoms with E-state index in [2.05, 4.69) is 10.3 Å². The smallest absolute Gasteiger partial charge is 0.257 e. The lowest BCUT2D eigenvalue weighted by atomic mass is 10.3. The summed E-state index contributed by atoms with van der Waals surface area (Å²) in [5.41, 5.74) is 1.87. The number of aromatic nitrogens is 1. The van der Waals surface area contributed by atoms with Gasteiger partial charge in [-0.05, 0) is 37.3 Å². The first-order chi connectivity index (χ1) is 12.0. The summed E-state index contributed by atoms with van der Waals surface area (Å²) in [6.07, 6.45) is 0. The van der Waals surface area contributed by atoms with Crippen LogP contribution in [0.25, 0.3) is 11.1 Å². The number of hydrogen-bond donors (Lipinski definition) is 1. The number of halogens is 2. The van der Waals surface area contributed by atoms with Crippen LogP contribution in [0.4, 0.5) is 5.69 Å². The summed E-state index contributed by atoms with van der Waals surface area (Å²) >= 11 is 13.2. The minimum absolute atomic E-state index is 0.188. The van der Waals surface area contributed by atoms with Gasteiger partial charge in [0.25, 0.3) is 5.22 Å². The molecule has 5 nitrogen and oxygen atoms in total. The Balaban J connectivity index is 1.68. The van der Waals surface area contributed by atoms with Crippen LogP contribution < -0.4 is 10.1 Å². The van der Waals surface area contributed by atoms with Crippen molar-refractivity contribution in [2.24, 2.45) is 0 Å². The van der Waals surface area contributed by atoms with Crippen LogP contribution >= 0.6 is 35.0 Å². The van der Waals surface area contributed by atoms with Crippen LogP contribution in [0.3, 0.4) is 0 Å². The minimum atomic E-state index is -0.413. The number of fused-ring (bicyclic) bond motifs is 1. The number of nitrogens with zero attached hydrogens (tertiary/aromatic N) is 1. The van der Waals surface area contributed by atoms with E-state index in [1.807, 2.05) is 0 Å². The number of benzene rings is 2. The highest BCUT2D eigenvalue weighted by molar-refractivity contribution is 8.00. The average molecular weight is 397 g/mol. The Hall–Kier alpha value is -1.89. The van der Waals surface area contributed by atoms with Gasteiger partial charge in [-0.3, -0.25) is 4.79 Å². The van der Waals surface area contributed by atoms with Gasteiger partial charge >= 0.3 is 0 Å². The summed E-state index contributed by atoms with van der Waals surface area (Å²) in [6, 6.07) is 10.3. The highest BCUT2D eigenvalue weighted by Crippen LogP contribution is 2.30. The molecule has 0 aliphatic rings. The molecular weight excluding hydrogens is 383 g/mol. The number of carbonyl (C=O) groups is 1. The summed E-state index contributed by atoms with van der Waals surface area (Å²) in [7, 11) is 1.53. The second-order valence-corrected chi connectivity index (χ2v) is 7.33. The molecule has 1 heterocycles. The summed E-state index contributed by atoms with van der Waals surface area (Å²) < 4.78 is 10.7. The van der Waals surface area contributed by atoms with Crippen molar-refractivity contribution in [1.82, 2.24) is 4.98 Å². The molecule has 0 spiro atoms. The number of methoxy groups -OCH3 is 1. The third kappa shape index (κ3) is 4.21. The SMILES string of the molecule is COc1ccc(NC(=O)[C@H](C)Sc2nc3ccc(Cl)cc3o2)cc1Cl. The standard InChI is InChI=1S/C17H14Cl2N2O3S/c1-9(16(22)20-11-4-6-14(23-2)12(19)8-11)25-17-21-13-5-3-10(18)7-15(13)24-17/h3-9H,1-2H3,(H,20,22)/t9-/m0/s1. The first-order valence-electron chi connectivity index (χ1n) is 7.33. The van der Waals surface area contributed by atoms with Gasteiger partial charge < -0.3 is 14.5 Å². The summed E-state index contributed by atoms with van der Waals surface area (Å²) in [6.45, 7) is 1.77. The predicted octanol–water partition coefficient (Wildman–Crippen LogP) is 5.26. The third-order valence-electron chi connectivity index (χ3n) is 3.40. The molecule has 3 rings (SSSR count). The van der Waals surface area contributed by atoms with Crippen LogP contribution in [0.2, 0.25) is 10.0 Å². The fraction of sp³-hybridized carbons (Fsp3) is 0.176. The number of nitrogens with one attached hydrogen (secondary N) is 1. The molecule has 0 radical (unpaired) electrons. The average Bonchev–Trinajstić information content (AvgIpc) is 2.96. The van der Waals surface area contributed by atoms with Crippen LogP contribution in [0, 0.1) is 0 Å². The summed E-state index contributed by atoms with van der Waals surface area (Å²) in [4.78, 5) is 16.7. The molecule has 3 aromatic rings. The van der Waals surface area contributed by atoms with E-state index in [-0.39, 0.29) is 5.91 Å². The number of carbonyl (C=O) groups excluding carboxylic acids is 1. The Morgan fingerprint density at radius 1 is 1.28 bits per heavy atom. The monoisotopic (exact) mass is 396 g/mol. The fourth-order valence-corrected chi connectivity index (χ4v) is 3.30. The van der Waals surface area contributed by atoms with Gasteiger partial charge in [-0.15, -0.1) is 0 Å². The molecule has 0 saturated heterocycles. The molecule has 0 bridgehead atoms. The Morgan fingerprint density at radius 3 is 2.80 bits per heavy atom. The lowest BCUT2D eigenvalue weighted by Crippen LogP contribution is -2.22. The molecule has 0 fully saturated rings. The first-order valence-corrected chi connectivity index (χ1v) is 8.97. The van der Waals surface area contributed by atoms with E-state index in [4.69, 9.17) is 32.4 Å². The molecule has 1 N–H and O–H groups in total. The van der Waals surface area contributed by atoms with Crippen LogP contribution in [-0.2, 0) is 4.79 Å². The lowest BCUT2D eigenvalue weighted by molar-refractivity contribution is -0.115.